The summed E-state index contributed by atoms with van der Waals surface area (Å²) in [6, 6.07) is -0.333. The van der Waals surface area contributed by atoms with E-state index in [2.05, 4.69) is 6.92 Å². The summed E-state index contributed by atoms with van der Waals surface area (Å²) in [5.41, 5.74) is -1.89. The minimum absolute atomic E-state index is 0.264. The molecule has 3 fully saturated rings. The maximum absolute atomic E-state index is 14.1. The van der Waals surface area contributed by atoms with Crippen molar-refractivity contribution in [3.05, 3.63) is 23.9 Å². The monoisotopic (exact) mass is 433 g/mol. The number of hydrogen-bond acceptors (Lipinski definition) is 7. The molecule has 1 amide bonds. The molecule has 2 saturated heterocycles. The number of methoxy groups -OCH3 is 1. The summed E-state index contributed by atoms with van der Waals surface area (Å²) in [6.07, 6.45) is 7.00. The largest absolute Gasteiger partial charge is 0.465 e. The number of amides is 1. The zero-order valence-corrected chi connectivity index (χ0v) is 18.6. The van der Waals surface area contributed by atoms with Gasteiger partial charge in [0, 0.05) is 18.0 Å². The zero-order chi connectivity index (χ0) is 22.4. The van der Waals surface area contributed by atoms with Crippen LogP contribution in [0.5, 0.6) is 0 Å². The predicted octanol–water partition coefficient (Wildman–Crippen LogP) is 2.33. The molecule has 3 aliphatic heterocycles. The van der Waals surface area contributed by atoms with Crippen LogP contribution in [0.25, 0.3) is 0 Å². The molecule has 3 atom stereocenters. The van der Waals surface area contributed by atoms with E-state index >= 15 is 0 Å². The molecule has 170 valence electrons. The van der Waals surface area contributed by atoms with E-state index in [1.807, 2.05) is 19.9 Å². The van der Waals surface area contributed by atoms with E-state index in [9.17, 15) is 14.4 Å². The van der Waals surface area contributed by atoms with Gasteiger partial charge in [-0.25, -0.2) is 4.79 Å². The number of rotatable bonds is 5. The van der Waals surface area contributed by atoms with Crippen LogP contribution in [0.1, 0.15) is 46.5 Å². The quantitative estimate of drug-likeness (QED) is 0.485. The van der Waals surface area contributed by atoms with Gasteiger partial charge < -0.3 is 23.8 Å². The first kappa shape index (κ1) is 22.0. The smallest absolute Gasteiger partial charge is 0.339 e. The molecule has 0 aromatic rings. The Hall–Kier alpha value is -2.19. The molecule has 1 aliphatic carbocycles. The SMILES string of the molecule is COC(=O)C1=CN(C(=O)[C@@]23CC[C@@](C)(COC2=O)C3(C)C)[C@@H](CCC2OCCO2)C=C1. The van der Waals surface area contributed by atoms with Crippen LogP contribution in [0, 0.1) is 16.2 Å². The number of hydrogen-bond donors (Lipinski definition) is 0. The van der Waals surface area contributed by atoms with Crippen LogP contribution in [0.4, 0.5) is 0 Å². The summed E-state index contributed by atoms with van der Waals surface area (Å²) in [6.45, 7) is 7.48. The highest BCUT2D eigenvalue weighted by Gasteiger charge is 2.72. The van der Waals surface area contributed by atoms with E-state index in [0.717, 1.165) is 6.42 Å². The third-order valence-electron chi connectivity index (χ3n) is 8.04. The molecular formula is C23H31NO7. The summed E-state index contributed by atoms with van der Waals surface area (Å²) in [4.78, 5) is 40.9. The third-order valence-corrected chi connectivity index (χ3v) is 8.04. The zero-order valence-electron chi connectivity index (χ0n) is 18.6. The van der Waals surface area contributed by atoms with Crippen LogP contribution in [-0.2, 0) is 33.3 Å². The fourth-order valence-electron chi connectivity index (χ4n) is 5.40. The van der Waals surface area contributed by atoms with Gasteiger partial charge in [-0.15, -0.1) is 0 Å². The number of esters is 2. The molecule has 0 aromatic heterocycles. The molecule has 4 aliphatic rings. The van der Waals surface area contributed by atoms with Crippen LogP contribution in [0.3, 0.4) is 0 Å². The molecule has 0 aromatic carbocycles. The van der Waals surface area contributed by atoms with Crippen molar-refractivity contribution < 1.29 is 33.3 Å². The Morgan fingerprint density at radius 1 is 1.16 bits per heavy atom. The van der Waals surface area contributed by atoms with E-state index in [1.54, 1.807) is 6.08 Å². The highest BCUT2D eigenvalue weighted by molar-refractivity contribution is 6.06. The highest BCUT2D eigenvalue weighted by atomic mass is 16.7. The first-order valence-electron chi connectivity index (χ1n) is 10.9. The average Bonchev–Trinajstić information content (AvgIpc) is 3.31. The minimum Gasteiger partial charge on any atom is -0.465 e. The summed E-state index contributed by atoms with van der Waals surface area (Å²) in [5, 5.41) is 0. The van der Waals surface area contributed by atoms with Crippen LogP contribution in [-0.4, -0.2) is 62.0 Å². The van der Waals surface area contributed by atoms with Crippen molar-refractivity contribution in [2.24, 2.45) is 16.2 Å². The summed E-state index contributed by atoms with van der Waals surface area (Å²) >= 11 is 0. The van der Waals surface area contributed by atoms with Gasteiger partial charge in [-0.2, -0.15) is 0 Å². The lowest BCUT2D eigenvalue weighted by Crippen LogP contribution is -2.61. The van der Waals surface area contributed by atoms with Gasteiger partial charge >= 0.3 is 11.9 Å². The Morgan fingerprint density at radius 2 is 1.87 bits per heavy atom. The normalized spacial score (nSPS) is 34.5. The number of nitrogens with zero attached hydrogens (tertiary/aromatic N) is 1. The second kappa shape index (κ2) is 7.74. The van der Waals surface area contributed by atoms with Crippen LogP contribution in [0.2, 0.25) is 0 Å². The second-order valence-corrected chi connectivity index (χ2v) is 9.63. The number of carbonyl (C=O) groups is 3. The lowest BCUT2D eigenvalue weighted by Gasteiger charge is -2.51. The molecule has 3 heterocycles. The van der Waals surface area contributed by atoms with Crippen molar-refractivity contribution in [1.29, 1.82) is 0 Å². The van der Waals surface area contributed by atoms with Gasteiger partial charge in [0.1, 0.15) is 0 Å². The van der Waals surface area contributed by atoms with Gasteiger partial charge in [-0.1, -0.05) is 26.8 Å². The maximum Gasteiger partial charge on any atom is 0.339 e. The first-order valence-corrected chi connectivity index (χ1v) is 10.9. The lowest BCUT2D eigenvalue weighted by atomic mass is 9.57. The molecular weight excluding hydrogens is 402 g/mol. The van der Waals surface area contributed by atoms with E-state index in [1.165, 1.54) is 18.2 Å². The van der Waals surface area contributed by atoms with Gasteiger partial charge in [0.05, 0.1) is 38.5 Å². The second-order valence-electron chi connectivity index (χ2n) is 9.63. The van der Waals surface area contributed by atoms with Gasteiger partial charge in [-0.05, 0) is 30.8 Å². The topological polar surface area (TPSA) is 91.4 Å². The molecule has 8 heteroatoms. The van der Waals surface area contributed by atoms with Crippen molar-refractivity contribution in [2.45, 2.75) is 58.8 Å². The first-order chi connectivity index (χ1) is 14.7. The third kappa shape index (κ3) is 3.22. The highest BCUT2D eigenvalue weighted by Crippen LogP contribution is 2.66. The van der Waals surface area contributed by atoms with E-state index in [-0.39, 0.29) is 29.2 Å². The Bertz CT molecular complexity index is 841. The van der Waals surface area contributed by atoms with Crippen molar-refractivity contribution in [1.82, 2.24) is 4.90 Å². The lowest BCUT2D eigenvalue weighted by molar-refractivity contribution is -0.193. The number of ether oxygens (including phenoxy) is 4. The molecule has 0 unspecified atom stereocenters. The fourth-order valence-corrected chi connectivity index (χ4v) is 5.40. The van der Waals surface area contributed by atoms with E-state index < -0.39 is 22.8 Å². The predicted molar refractivity (Wildman–Crippen MR) is 109 cm³/mol. The summed E-state index contributed by atoms with van der Waals surface area (Å²) in [5.74, 6) is -1.33. The van der Waals surface area contributed by atoms with Gasteiger partial charge in [0.15, 0.2) is 11.7 Å². The Kier molecular flexibility index (Phi) is 5.50. The summed E-state index contributed by atoms with van der Waals surface area (Å²) < 4.78 is 21.4. The summed E-state index contributed by atoms with van der Waals surface area (Å²) in [7, 11) is 1.30. The molecule has 4 rings (SSSR count). The van der Waals surface area contributed by atoms with E-state index in [0.29, 0.717) is 39.1 Å². The number of fused-ring (bicyclic) bond motifs is 2. The van der Waals surface area contributed by atoms with Crippen LogP contribution >= 0.6 is 0 Å². The molecule has 2 bridgehead atoms. The Labute approximate surface area is 182 Å². The number of carbonyl (C=O) groups excluding carboxylic acids is 3. The van der Waals surface area contributed by atoms with Crippen LogP contribution in [0.15, 0.2) is 23.9 Å². The molecule has 8 nitrogen and oxygen atoms in total. The molecule has 1 saturated carbocycles. The maximum atomic E-state index is 14.1. The Balaban J connectivity index is 1.67. The van der Waals surface area contributed by atoms with Crippen molar-refractivity contribution >= 4 is 17.8 Å². The van der Waals surface area contributed by atoms with Crippen molar-refractivity contribution in [3.8, 4) is 0 Å². The van der Waals surface area contributed by atoms with Gasteiger partial charge in [-0.3, -0.25) is 9.59 Å². The molecule has 0 spiro atoms. The molecule has 31 heavy (non-hydrogen) atoms. The average molecular weight is 434 g/mol. The van der Waals surface area contributed by atoms with Gasteiger partial charge in [0.25, 0.3) is 0 Å². The van der Waals surface area contributed by atoms with Crippen LogP contribution < -0.4 is 0 Å². The Morgan fingerprint density at radius 3 is 2.55 bits per heavy atom. The van der Waals surface area contributed by atoms with Crippen molar-refractivity contribution in [3.63, 3.8) is 0 Å². The fraction of sp³-hybridized carbons (Fsp3) is 0.696. The van der Waals surface area contributed by atoms with Crippen molar-refractivity contribution in [2.75, 3.05) is 26.9 Å². The van der Waals surface area contributed by atoms with E-state index in [4.69, 9.17) is 18.9 Å². The molecule has 0 N–H and O–H groups in total. The standard InChI is InChI=1S/C23H31NO7/c1-21(2)22(3)9-10-23(21,20(27)31-14-22)19(26)24-13-15(18(25)28-4)5-6-16(24)7-8-17-29-11-12-30-17/h5-6,13,16-17H,7-12,14H2,1-4H3/t16-,22+,23+/m1/s1. The van der Waals surface area contributed by atoms with Gasteiger partial charge in [0.2, 0.25) is 5.91 Å². The number of cyclic esters (lactones) is 1. The minimum atomic E-state index is -1.29. The molecule has 0 radical (unpaired) electrons.